The lowest BCUT2D eigenvalue weighted by Crippen LogP contribution is -2.19. The van der Waals surface area contributed by atoms with Crippen LogP contribution in [0, 0.1) is 0 Å². The second-order valence-electron chi connectivity index (χ2n) is 10.4. The highest BCUT2D eigenvalue weighted by atomic mass is 35.5. The third-order valence-corrected chi connectivity index (χ3v) is 7.32. The molecule has 0 aliphatic carbocycles. The van der Waals surface area contributed by atoms with E-state index in [0.29, 0.717) is 23.2 Å². The summed E-state index contributed by atoms with van der Waals surface area (Å²) >= 11 is 6.36. The molecule has 0 radical (unpaired) electrons. The molecular formula is C29H40ClN5O3. The van der Waals surface area contributed by atoms with Crippen molar-refractivity contribution in [1.29, 1.82) is 0 Å². The third kappa shape index (κ3) is 6.47. The minimum Gasteiger partial charge on any atom is -0.376 e. The topological polar surface area (TPSA) is 87.2 Å². The molecule has 38 heavy (non-hydrogen) atoms. The normalized spacial score (nSPS) is 18.1. The van der Waals surface area contributed by atoms with Gasteiger partial charge in [0.2, 0.25) is 0 Å². The van der Waals surface area contributed by atoms with Crippen molar-refractivity contribution in [3.05, 3.63) is 52.4 Å². The van der Waals surface area contributed by atoms with E-state index in [1.165, 1.54) is 19.3 Å². The van der Waals surface area contributed by atoms with Crippen LogP contribution in [0.5, 0.6) is 0 Å². The molecule has 8 nitrogen and oxygen atoms in total. The summed E-state index contributed by atoms with van der Waals surface area (Å²) in [6, 6.07) is 5.81. The number of aromatic nitrogens is 4. The molecule has 0 amide bonds. The lowest BCUT2D eigenvalue weighted by atomic mass is 10.0. The minimum atomic E-state index is -0.660. The van der Waals surface area contributed by atoms with E-state index in [1.54, 1.807) is 7.11 Å². The molecule has 0 bridgehead atoms. The van der Waals surface area contributed by atoms with Crippen molar-refractivity contribution in [2.24, 2.45) is 0 Å². The van der Waals surface area contributed by atoms with E-state index in [0.717, 1.165) is 59.8 Å². The van der Waals surface area contributed by atoms with Crippen molar-refractivity contribution in [2.75, 3.05) is 19.0 Å². The van der Waals surface area contributed by atoms with Crippen LogP contribution in [-0.4, -0.2) is 39.7 Å². The van der Waals surface area contributed by atoms with Crippen LogP contribution in [0.2, 0.25) is 5.02 Å². The van der Waals surface area contributed by atoms with Gasteiger partial charge in [-0.05, 0) is 51.8 Å². The molecule has 1 saturated heterocycles. The molecule has 1 aromatic carbocycles. The fourth-order valence-corrected chi connectivity index (χ4v) is 4.72. The predicted molar refractivity (Wildman–Crippen MR) is 151 cm³/mol. The molecular weight excluding hydrogens is 502 g/mol. The lowest BCUT2D eigenvalue weighted by Gasteiger charge is -2.16. The zero-order chi connectivity index (χ0) is 27.3. The van der Waals surface area contributed by atoms with Gasteiger partial charge in [-0.2, -0.15) is 10.1 Å². The maximum atomic E-state index is 6.36. The number of hydrogen-bond donors (Lipinski definition) is 1. The number of nitrogens with one attached hydrogen (secondary N) is 1. The number of hydrogen-bond acceptors (Lipinski definition) is 7. The summed E-state index contributed by atoms with van der Waals surface area (Å²) in [6.45, 7) is 11.8. The van der Waals surface area contributed by atoms with Crippen LogP contribution >= 0.6 is 11.6 Å². The van der Waals surface area contributed by atoms with Crippen LogP contribution in [-0.2, 0) is 28.0 Å². The molecule has 1 N–H and O–H groups in total. The number of unbranched alkanes of at least 4 members (excludes halogenated alkanes) is 2. The van der Waals surface area contributed by atoms with Gasteiger partial charge in [-0.25, -0.2) is 0 Å². The van der Waals surface area contributed by atoms with Gasteiger partial charge in [0.15, 0.2) is 5.82 Å². The number of benzene rings is 1. The first-order valence-corrected chi connectivity index (χ1v) is 14.0. The highest BCUT2D eigenvalue weighted by molar-refractivity contribution is 6.31. The molecule has 0 spiro atoms. The van der Waals surface area contributed by atoms with E-state index in [-0.39, 0.29) is 6.10 Å². The standard InChI is InChI=1S/C24H28ClN5O3.C5H12/c1-14(22-27-23(33-29-22)24(2,3)31-4)20-10-15-12-30(13-17-6-5-9-32-17)28-21(15)18-11-16(25)7-8-19(18)26-20;1-3-5-4-2/h7-8,11-12,17,26H,5-6,9-10,13H2,1-4H3;3-5H2,1-2H3/b20-14+;. The van der Waals surface area contributed by atoms with Crippen molar-refractivity contribution in [1.82, 2.24) is 19.9 Å². The molecule has 4 heterocycles. The Morgan fingerprint density at radius 2 is 2.05 bits per heavy atom. The summed E-state index contributed by atoms with van der Waals surface area (Å²) in [4.78, 5) is 4.60. The Morgan fingerprint density at radius 1 is 1.26 bits per heavy atom. The number of ether oxygens (including phenoxy) is 2. The Kier molecular flexibility index (Phi) is 9.28. The average molecular weight is 542 g/mol. The van der Waals surface area contributed by atoms with Crippen LogP contribution in [0.4, 0.5) is 5.69 Å². The highest BCUT2D eigenvalue weighted by Crippen LogP contribution is 2.38. The van der Waals surface area contributed by atoms with E-state index in [2.05, 4.69) is 35.5 Å². The number of anilines is 1. The van der Waals surface area contributed by atoms with Gasteiger partial charge in [0.1, 0.15) is 5.60 Å². The van der Waals surface area contributed by atoms with Crippen molar-refractivity contribution in [3.63, 3.8) is 0 Å². The molecule has 2 aromatic heterocycles. The first-order valence-electron chi connectivity index (χ1n) is 13.6. The smallest absolute Gasteiger partial charge is 0.258 e. The average Bonchev–Trinajstić information content (AvgIpc) is 3.66. The second-order valence-corrected chi connectivity index (χ2v) is 10.9. The Hall–Kier alpha value is -2.68. The third-order valence-electron chi connectivity index (χ3n) is 7.09. The van der Waals surface area contributed by atoms with Crippen LogP contribution in [0.1, 0.15) is 84.0 Å². The first kappa shape index (κ1) is 28.3. The molecule has 9 heteroatoms. The van der Waals surface area contributed by atoms with Gasteiger partial charge in [-0.3, -0.25) is 4.68 Å². The monoisotopic (exact) mass is 541 g/mol. The first-order chi connectivity index (χ1) is 18.2. The number of methoxy groups -OCH3 is 1. The van der Waals surface area contributed by atoms with Gasteiger partial charge in [-0.15, -0.1) is 0 Å². The SMILES string of the molecule is CCCCC.COC(C)(C)c1nc(/C(C)=C2\Cc3cn(CC4CCCO4)nc3-c3cc(Cl)ccc3N2)no1. The Morgan fingerprint density at radius 3 is 2.71 bits per heavy atom. The summed E-state index contributed by atoms with van der Waals surface area (Å²) in [5.41, 5.74) is 5.17. The van der Waals surface area contributed by atoms with E-state index >= 15 is 0 Å². The molecule has 1 fully saturated rings. The largest absolute Gasteiger partial charge is 0.376 e. The van der Waals surface area contributed by atoms with Gasteiger partial charge in [-0.1, -0.05) is 49.9 Å². The van der Waals surface area contributed by atoms with Crippen molar-refractivity contribution < 1.29 is 14.0 Å². The van der Waals surface area contributed by atoms with Gasteiger partial charge < -0.3 is 19.3 Å². The zero-order valence-corrected chi connectivity index (χ0v) is 24.2. The number of rotatable bonds is 7. The van der Waals surface area contributed by atoms with Crippen LogP contribution in [0.15, 0.2) is 34.6 Å². The maximum absolute atomic E-state index is 6.36. The Balaban J connectivity index is 0.000000617. The van der Waals surface area contributed by atoms with E-state index in [4.69, 9.17) is 30.7 Å². The second kappa shape index (κ2) is 12.5. The van der Waals surface area contributed by atoms with Crippen LogP contribution in [0.25, 0.3) is 16.8 Å². The van der Waals surface area contributed by atoms with Gasteiger partial charge in [0.25, 0.3) is 5.89 Å². The Labute approximate surface area is 230 Å². The lowest BCUT2D eigenvalue weighted by molar-refractivity contribution is -0.00787. The zero-order valence-electron chi connectivity index (χ0n) is 23.4. The van der Waals surface area contributed by atoms with Gasteiger partial charge in [0.05, 0.1) is 18.3 Å². The molecule has 2 aliphatic heterocycles. The fraction of sp³-hybridized carbons (Fsp3) is 0.552. The number of fused-ring (bicyclic) bond motifs is 3. The van der Waals surface area contributed by atoms with Crippen molar-refractivity contribution >= 4 is 22.9 Å². The summed E-state index contributed by atoms with van der Waals surface area (Å²) in [5.74, 6) is 0.967. The van der Waals surface area contributed by atoms with Crippen LogP contribution < -0.4 is 5.32 Å². The van der Waals surface area contributed by atoms with E-state index in [9.17, 15) is 0 Å². The molecule has 1 unspecified atom stereocenters. The number of nitrogens with zero attached hydrogens (tertiary/aromatic N) is 4. The summed E-state index contributed by atoms with van der Waals surface area (Å²) < 4.78 is 18.8. The number of allylic oxidation sites excluding steroid dienone is 2. The molecule has 5 rings (SSSR count). The molecule has 2 aliphatic rings. The summed E-state index contributed by atoms with van der Waals surface area (Å²) in [6.07, 6.45) is 9.22. The highest BCUT2D eigenvalue weighted by Gasteiger charge is 2.29. The predicted octanol–water partition coefficient (Wildman–Crippen LogP) is 7.24. The van der Waals surface area contributed by atoms with Crippen LogP contribution in [0.3, 0.4) is 0 Å². The van der Waals surface area contributed by atoms with Gasteiger partial charge in [0, 0.05) is 59.4 Å². The van der Waals surface area contributed by atoms with E-state index in [1.807, 2.05) is 43.7 Å². The quantitative estimate of drug-likeness (QED) is 0.337. The summed E-state index contributed by atoms with van der Waals surface area (Å²) in [7, 11) is 1.62. The van der Waals surface area contributed by atoms with Crippen molar-refractivity contribution in [2.45, 2.75) is 91.4 Å². The minimum absolute atomic E-state index is 0.212. The molecule has 1 atom stereocenters. The molecule has 0 saturated carbocycles. The Bertz CT molecular complexity index is 1250. The number of halogens is 1. The molecule has 3 aromatic rings. The maximum Gasteiger partial charge on any atom is 0.258 e. The van der Waals surface area contributed by atoms with Crippen molar-refractivity contribution in [3.8, 4) is 11.3 Å². The summed E-state index contributed by atoms with van der Waals surface area (Å²) in [5, 5.41) is 13.4. The fourth-order valence-electron chi connectivity index (χ4n) is 4.55. The van der Waals surface area contributed by atoms with E-state index < -0.39 is 5.60 Å². The van der Waals surface area contributed by atoms with Gasteiger partial charge >= 0.3 is 0 Å². The molecule has 206 valence electrons.